The molecule has 1 saturated heterocycles. The van der Waals surface area contributed by atoms with Crippen LogP contribution in [0.5, 0.6) is 0 Å². The van der Waals surface area contributed by atoms with Gasteiger partial charge in [0.2, 0.25) is 5.96 Å². The maximum atomic E-state index is 10.7. The number of carbonyl (C=O) groups is 1. The Kier molecular flexibility index (Phi) is 7.28. The number of morpholine rings is 1. The fourth-order valence-corrected chi connectivity index (χ4v) is 1.64. The van der Waals surface area contributed by atoms with E-state index in [4.69, 9.17) is 4.74 Å². The van der Waals surface area contributed by atoms with Crippen molar-refractivity contribution in [2.75, 3.05) is 39.4 Å². The Balaban J connectivity index is 0.00000112. The molecule has 1 fully saturated rings. The van der Waals surface area contributed by atoms with Gasteiger partial charge < -0.3 is 36.5 Å². The Bertz CT molecular complexity index is 271. The number of amides is 1. The summed E-state index contributed by atoms with van der Waals surface area (Å²) in [6, 6.07) is 0. The molecule has 6 nitrogen and oxygen atoms in total. The molecule has 0 N–H and O–H groups in total. The molecule has 0 atom stereocenters. The molecule has 0 aromatic heterocycles. The number of hydrogen-bond donors (Lipinski definition) is 0. The number of carboxylic acid groups (broad SMARTS) is 1. The van der Waals surface area contributed by atoms with E-state index in [1.54, 1.807) is 0 Å². The normalized spacial score (nSPS) is 19.6. The van der Waals surface area contributed by atoms with Gasteiger partial charge in [-0.2, -0.15) is 0 Å². The predicted molar refractivity (Wildman–Crippen MR) is 52.6 cm³/mol. The molecule has 8 heteroatoms. The minimum absolute atomic E-state index is 0. The van der Waals surface area contributed by atoms with Gasteiger partial charge in [0.25, 0.3) is 0 Å². The summed E-state index contributed by atoms with van der Waals surface area (Å²) in [7, 11) is 0. The third-order valence-electron chi connectivity index (χ3n) is 2.33. The summed E-state index contributed by atoms with van der Waals surface area (Å²) in [6.45, 7) is 3.58. The summed E-state index contributed by atoms with van der Waals surface area (Å²) in [5, 5.41) is 10.7. The third kappa shape index (κ3) is 3.47. The molecule has 2 aliphatic heterocycles. The molecule has 0 aromatic rings. The van der Waals surface area contributed by atoms with Gasteiger partial charge in [-0.05, 0) is 0 Å². The van der Waals surface area contributed by atoms with Crippen molar-refractivity contribution in [3.63, 3.8) is 0 Å². The van der Waals surface area contributed by atoms with Gasteiger partial charge in [0.1, 0.15) is 6.09 Å². The van der Waals surface area contributed by atoms with E-state index in [9.17, 15) is 9.90 Å². The summed E-state index contributed by atoms with van der Waals surface area (Å²) >= 11 is 0. The molecule has 86 valence electrons. The minimum atomic E-state index is -1.17. The zero-order valence-electron chi connectivity index (χ0n) is 8.89. The fraction of sp³-hybridized carbons (Fsp3) is 0.750. The molecule has 0 bridgehead atoms. The van der Waals surface area contributed by atoms with Gasteiger partial charge in [-0.15, -0.1) is 0 Å². The minimum Gasteiger partial charge on any atom is -1.00 e. The van der Waals surface area contributed by atoms with Gasteiger partial charge in [0.05, 0.1) is 19.8 Å². The second-order valence-electron chi connectivity index (χ2n) is 3.20. The second kappa shape index (κ2) is 7.31. The van der Waals surface area contributed by atoms with Crippen LogP contribution in [0.4, 0.5) is 4.79 Å². The Labute approximate surface area is 121 Å². The molecule has 0 radical (unpaired) electrons. The molecule has 1 amide bonds. The van der Waals surface area contributed by atoms with Crippen LogP contribution in [0.1, 0.15) is 0 Å². The van der Waals surface area contributed by atoms with E-state index in [0.717, 1.165) is 0 Å². The van der Waals surface area contributed by atoms with Gasteiger partial charge in [0.15, 0.2) is 0 Å². The van der Waals surface area contributed by atoms with Crippen LogP contribution >= 0.6 is 0 Å². The Morgan fingerprint density at radius 3 is 2.50 bits per heavy atom. The van der Waals surface area contributed by atoms with Crippen molar-refractivity contribution in [3.05, 3.63) is 0 Å². The fourth-order valence-electron chi connectivity index (χ4n) is 1.64. The number of hydrogen-bond acceptors (Lipinski definition) is 5. The molecular weight excluding hydrogens is 290 g/mol. The van der Waals surface area contributed by atoms with Crippen molar-refractivity contribution in [1.29, 1.82) is 0 Å². The summed E-state index contributed by atoms with van der Waals surface area (Å²) in [5.74, 6) is 0.522. The number of nitrogens with zero attached hydrogens (tertiary/aromatic N) is 3. The molecule has 2 rings (SSSR count). The second-order valence-corrected chi connectivity index (χ2v) is 3.20. The molecule has 2 heterocycles. The van der Waals surface area contributed by atoms with Gasteiger partial charge in [-0.1, -0.05) is 0 Å². The van der Waals surface area contributed by atoms with E-state index < -0.39 is 6.09 Å². The smallest absolute Gasteiger partial charge is 1.00 e. The molecule has 2 aliphatic rings. The summed E-state index contributed by atoms with van der Waals surface area (Å²) in [6.07, 6.45) is -1.17. The largest absolute Gasteiger partial charge is 2.00 e. The van der Waals surface area contributed by atoms with Gasteiger partial charge in [0, 0.05) is 19.6 Å². The summed E-state index contributed by atoms with van der Waals surface area (Å²) < 4.78 is 5.18. The maximum absolute atomic E-state index is 10.7. The first-order valence-corrected chi connectivity index (χ1v) is 4.64. The topological polar surface area (TPSA) is 68.2 Å². The average molecular weight is 302 g/mol. The zero-order valence-corrected chi connectivity index (χ0v) is 11.9. The van der Waals surface area contributed by atoms with Crippen LogP contribution in [0.15, 0.2) is 4.99 Å². The number of rotatable bonds is 0. The summed E-state index contributed by atoms with van der Waals surface area (Å²) in [4.78, 5) is 18.0. The summed E-state index contributed by atoms with van der Waals surface area (Å²) in [5.41, 5.74) is 0. The number of carbonyl (C=O) groups excluding carboxylic acids is 1. The van der Waals surface area contributed by atoms with Crippen LogP contribution < -0.4 is 22.1 Å². The monoisotopic (exact) mass is 301 g/mol. The first-order valence-electron chi connectivity index (χ1n) is 4.64. The van der Waals surface area contributed by atoms with E-state index in [1.165, 1.54) is 4.90 Å². The maximum Gasteiger partial charge on any atom is 2.00 e. The standard InChI is InChI=1S/C8H13N3O3.BrH.Mg/c12-8(13)11-2-1-9-7(11)10-3-5-14-6-4-10;;/h1-6H2,(H,12,13);1H;/q;;+2/p-2. The van der Waals surface area contributed by atoms with E-state index in [-0.39, 0.29) is 40.0 Å². The molecule has 16 heavy (non-hydrogen) atoms. The van der Waals surface area contributed by atoms with Gasteiger partial charge in [-0.25, -0.2) is 0 Å². The zero-order chi connectivity index (χ0) is 9.97. The van der Waals surface area contributed by atoms with Crippen LogP contribution in [0.2, 0.25) is 0 Å². The molecule has 0 spiro atoms. The quantitative estimate of drug-likeness (QED) is 0.420. The van der Waals surface area contributed by atoms with Gasteiger partial charge in [-0.3, -0.25) is 9.89 Å². The molecule has 0 aliphatic carbocycles. The number of ether oxygens (including phenoxy) is 1. The Hall–Kier alpha value is -0.0538. The molecule has 0 saturated carbocycles. The predicted octanol–water partition coefficient (Wildman–Crippen LogP) is -5.04. The Morgan fingerprint density at radius 1 is 1.31 bits per heavy atom. The van der Waals surface area contributed by atoms with Crippen molar-refractivity contribution < 1.29 is 31.6 Å². The van der Waals surface area contributed by atoms with Crippen molar-refractivity contribution in [2.24, 2.45) is 4.99 Å². The number of aliphatic imine (C=N–C) groups is 1. The first-order chi connectivity index (χ1) is 6.79. The van der Waals surface area contributed by atoms with E-state index in [0.29, 0.717) is 45.4 Å². The molecule has 0 aromatic carbocycles. The van der Waals surface area contributed by atoms with Crippen LogP contribution in [-0.4, -0.2) is 84.3 Å². The number of guanidine groups is 1. The first kappa shape index (κ1) is 15.9. The van der Waals surface area contributed by atoms with Crippen LogP contribution in [0, 0.1) is 0 Å². The van der Waals surface area contributed by atoms with Gasteiger partial charge >= 0.3 is 23.1 Å². The SMILES string of the molecule is O=C([O-])N1CCN=C1N1CCOCC1.[Br-].[Mg+2]. The molecule has 0 unspecified atom stereocenters. The van der Waals surface area contributed by atoms with Crippen LogP contribution in [0.3, 0.4) is 0 Å². The average Bonchev–Trinajstić information content (AvgIpc) is 2.67. The van der Waals surface area contributed by atoms with E-state index >= 15 is 0 Å². The van der Waals surface area contributed by atoms with E-state index in [2.05, 4.69) is 4.99 Å². The van der Waals surface area contributed by atoms with Crippen LogP contribution in [0.25, 0.3) is 0 Å². The Morgan fingerprint density at radius 2 is 1.94 bits per heavy atom. The van der Waals surface area contributed by atoms with Crippen molar-refractivity contribution in [2.45, 2.75) is 0 Å². The third-order valence-corrected chi connectivity index (χ3v) is 2.33. The number of halogens is 1. The van der Waals surface area contributed by atoms with Crippen LogP contribution in [-0.2, 0) is 4.74 Å². The van der Waals surface area contributed by atoms with Crippen molar-refractivity contribution in [1.82, 2.24) is 9.80 Å². The van der Waals surface area contributed by atoms with Crippen molar-refractivity contribution in [3.8, 4) is 0 Å². The molecular formula is C8H12BrMgN3O3. The van der Waals surface area contributed by atoms with E-state index in [1.807, 2.05) is 4.90 Å². The van der Waals surface area contributed by atoms with Crippen molar-refractivity contribution >= 4 is 35.1 Å².